The maximum Gasteiger partial charge on any atom is 0.0499 e. The minimum atomic E-state index is 0.146. The zero-order chi connectivity index (χ0) is 13.8. The van der Waals surface area contributed by atoms with E-state index in [1.807, 2.05) is 0 Å². The molecule has 0 spiro atoms. The molecule has 2 aliphatic carbocycles. The minimum absolute atomic E-state index is 0.146. The molecule has 2 aliphatic rings. The number of rotatable bonds is 6. The van der Waals surface area contributed by atoms with Crippen molar-refractivity contribution in [2.75, 3.05) is 13.2 Å². The van der Waals surface area contributed by atoms with Gasteiger partial charge in [-0.15, -0.1) is 0 Å². The van der Waals surface area contributed by atoms with Crippen LogP contribution in [0.1, 0.15) is 62.0 Å². The summed E-state index contributed by atoms with van der Waals surface area (Å²) in [6.07, 6.45) is 8.98. The van der Waals surface area contributed by atoms with Crippen molar-refractivity contribution in [1.82, 2.24) is 5.32 Å². The Morgan fingerprint density at radius 1 is 1.10 bits per heavy atom. The molecule has 0 heterocycles. The Morgan fingerprint density at radius 3 is 2.55 bits per heavy atom. The van der Waals surface area contributed by atoms with Crippen LogP contribution in [0.2, 0.25) is 0 Å². The van der Waals surface area contributed by atoms with Crippen LogP contribution in [0.15, 0.2) is 24.3 Å². The average molecular weight is 273 g/mol. The molecule has 2 N–H and O–H groups in total. The average Bonchev–Trinajstić information content (AvgIpc) is 3.33. The SMILES string of the molecule is OCC1(CNCc2ccccc2C2CC2)CCCCC1. The lowest BCUT2D eigenvalue weighted by atomic mass is 9.74. The van der Waals surface area contributed by atoms with Crippen LogP contribution in [-0.2, 0) is 6.54 Å². The Bertz CT molecular complexity index is 433. The van der Waals surface area contributed by atoms with Crippen LogP contribution in [0.5, 0.6) is 0 Å². The van der Waals surface area contributed by atoms with Crippen molar-refractivity contribution < 1.29 is 5.11 Å². The van der Waals surface area contributed by atoms with Gasteiger partial charge in [-0.2, -0.15) is 0 Å². The Kier molecular flexibility index (Phi) is 4.42. The fraction of sp³-hybridized carbons (Fsp3) is 0.667. The third kappa shape index (κ3) is 3.24. The summed E-state index contributed by atoms with van der Waals surface area (Å²) < 4.78 is 0. The third-order valence-electron chi connectivity index (χ3n) is 5.14. The predicted octanol–water partition coefficient (Wildman–Crippen LogP) is 3.60. The van der Waals surface area contributed by atoms with Crippen molar-refractivity contribution in [2.45, 2.75) is 57.4 Å². The summed E-state index contributed by atoms with van der Waals surface area (Å²) in [5.74, 6) is 0.814. The van der Waals surface area contributed by atoms with E-state index < -0.39 is 0 Å². The highest BCUT2D eigenvalue weighted by Crippen LogP contribution is 2.41. The highest BCUT2D eigenvalue weighted by Gasteiger charge is 2.31. The van der Waals surface area contributed by atoms with Crippen LogP contribution in [0.25, 0.3) is 0 Å². The molecule has 20 heavy (non-hydrogen) atoms. The molecule has 0 radical (unpaired) electrons. The lowest BCUT2D eigenvalue weighted by molar-refractivity contribution is 0.0810. The van der Waals surface area contributed by atoms with E-state index in [1.165, 1.54) is 50.5 Å². The van der Waals surface area contributed by atoms with E-state index in [0.29, 0.717) is 6.61 Å². The molecule has 0 atom stereocenters. The first kappa shape index (κ1) is 14.1. The van der Waals surface area contributed by atoms with Gasteiger partial charge in [-0.3, -0.25) is 0 Å². The molecule has 0 saturated heterocycles. The molecule has 110 valence electrons. The zero-order valence-electron chi connectivity index (χ0n) is 12.4. The number of benzene rings is 1. The van der Waals surface area contributed by atoms with Crippen molar-refractivity contribution in [3.63, 3.8) is 0 Å². The van der Waals surface area contributed by atoms with Crippen molar-refractivity contribution >= 4 is 0 Å². The minimum Gasteiger partial charge on any atom is -0.396 e. The summed E-state index contributed by atoms with van der Waals surface area (Å²) in [4.78, 5) is 0. The van der Waals surface area contributed by atoms with Crippen LogP contribution >= 0.6 is 0 Å². The van der Waals surface area contributed by atoms with Gasteiger partial charge in [0.15, 0.2) is 0 Å². The number of nitrogens with one attached hydrogen (secondary N) is 1. The van der Waals surface area contributed by atoms with Gasteiger partial charge in [0, 0.05) is 25.1 Å². The monoisotopic (exact) mass is 273 g/mol. The van der Waals surface area contributed by atoms with Crippen molar-refractivity contribution in [1.29, 1.82) is 0 Å². The van der Waals surface area contributed by atoms with E-state index in [9.17, 15) is 5.11 Å². The van der Waals surface area contributed by atoms with Gasteiger partial charge >= 0.3 is 0 Å². The van der Waals surface area contributed by atoms with Crippen LogP contribution in [0.3, 0.4) is 0 Å². The Balaban J connectivity index is 1.56. The molecule has 0 aromatic heterocycles. The molecule has 2 nitrogen and oxygen atoms in total. The quantitative estimate of drug-likeness (QED) is 0.830. The van der Waals surface area contributed by atoms with Crippen LogP contribution in [0, 0.1) is 5.41 Å². The fourth-order valence-electron chi connectivity index (χ4n) is 3.64. The molecular formula is C18H27NO. The lowest BCUT2D eigenvalue weighted by Crippen LogP contribution is -2.38. The second-order valence-corrected chi connectivity index (χ2v) is 6.80. The van der Waals surface area contributed by atoms with Gasteiger partial charge in [0.25, 0.3) is 0 Å². The topological polar surface area (TPSA) is 32.3 Å². The molecule has 1 aromatic carbocycles. The zero-order valence-corrected chi connectivity index (χ0v) is 12.4. The van der Waals surface area contributed by atoms with E-state index in [4.69, 9.17) is 0 Å². The van der Waals surface area contributed by atoms with Crippen molar-refractivity contribution in [2.24, 2.45) is 5.41 Å². The molecule has 3 rings (SSSR count). The molecule has 0 aliphatic heterocycles. The molecule has 2 fully saturated rings. The second kappa shape index (κ2) is 6.28. The number of aliphatic hydroxyl groups excluding tert-OH is 1. The molecule has 0 unspecified atom stereocenters. The fourth-order valence-corrected chi connectivity index (χ4v) is 3.64. The standard InChI is InChI=1S/C18H27NO/c20-14-18(10-4-1-5-11-18)13-19-12-16-6-2-3-7-17(16)15-8-9-15/h2-3,6-7,15,19-20H,1,4-5,8-14H2. The van der Waals surface area contributed by atoms with E-state index in [1.54, 1.807) is 5.56 Å². The highest BCUT2D eigenvalue weighted by atomic mass is 16.3. The van der Waals surface area contributed by atoms with E-state index in [-0.39, 0.29) is 5.41 Å². The maximum atomic E-state index is 9.75. The van der Waals surface area contributed by atoms with Crippen LogP contribution in [0.4, 0.5) is 0 Å². The van der Waals surface area contributed by atoms with E-state index in [2.05, 4.69) is 29.6 Å². The third-order valence-corrected chi connectivity index (χ3v) is 5.14. The highest BCUT2D eigenvalue weighted by molar-refractivity contribution is 5.33. The van der Waals surface area contributed by atoms with Gasteiger partial charge in [-0.25, -0.2) is 0 Å². The molecule has 0 amide bonds. The summed E-state index contributed by atoms with van der Waals surface area (Å²) in [5.41, 5.74) is 3.15. The molecule has 2 heteroatoms. The molecule has 0 bridgehead atoms. The molecule has 1 aromatic rings. The van der Waals surface area contributed by atoms with Crippen LogP contribution in [-0.4, -0.2) is 18.3 Å². The van der Waals surface area contributed by atoms with Crippen molar-refractivity contribution in [3.05, 3.63) is 35.4 Å². The van der Waals surface area contributed by atoms with Crippen molar-refractivity contribution in [3.8, 4) is 0 Å². The summed E-state index contributed by atoms with van der Waals surface area (Å²) in [7, 11) is 0. The Morgan fingerprint density at radius 2 is 1.85 bits per heavy atom. The van der Waals surface area contributed by atoms with Gasteiger partial charge in [0.1, 0.15) is 0 Å². The normalized spacial score (nSPS) is 21.9. The number of aliphatic hydroxyl groups is 1. The Hall–Kier alpha value is -0.860. The summed E-state index contributed by atoms with van der Waals surface area (Å²) in [5, 5.41) is 13.4. The van der Waals surface area contributed by atoms with Gasteiger partial charge in [0.2, 0.25) is 0 Å². The summed E-state index contributed by atoms with van der Waals surface area (Å²) >= 11 is 0. The van der Waals surface area contributed by atoms with Gasteiger partial charge in [0.05, 0.1) is 0 Å². The molecule has 2 saturated carbocycles. The van der Waals surface area contributed by atoms with E-state index in [0.717, 1.165) is 19.0 Å². The number of hydrogen-bond donors (Lipinski definition) is 2. The first-order valence-corrected chi connectivity index (χ1v) is 8.22. The second-order valence-electron chi connectivity index (χ2n) is 6.80. The van der Waals surface area contributed by atoms with Crippen LogP contribution < -0.4 is 5.32 Å². The first-order chi connectivity index (χ1) is 9.83. The summed E-state index contributed by atoms with van der Waals surface area (Å²) in [6, 6.07) is 8.85. The first-order valence-electron chi connectivity index (χ1n) is 8.22. The van der Waals surface area contributed by atoms with Gasteiger partial charge in [-0.05, 0) is 42.7 Å². The molecular weight excluding hydrogens is 246 g/mol. The van der Waals surface area contributed by atoms with E-state index >= 15 is 0 Å². The predicted molar refractivity (Wildman–Crippen MR) is 82.7 cm³/mol. The maximum absolute atomic E-state index is 9.75. The lowest BCUT2D eigenvalue weighted by Gasteiger charge is -2.36. The number of hydrogen-bond acceptors (Lipinski definition) is 2. The van der Waals surface area contributed by atoms with Gasteiger partial charge in [-0.1, -0.05) is 43.5 Å². The van der Waals surface area contributed by atoms with Gasteiger partial charge < -0.3 is 10.4 Å². The smallest absolute Gasteiger partial charge is 0.0499 e. The summed E-state index contributed by atoms with van der Waals surface area (Å²) in [6.45, 7) is 2.25. The largest absolute Gasteiger partial charge is 0.396 e. The Labute approximate surface area is 122 Å².